The molecule has 0 bridgehead atoms. The molecule has 2 aromatic carbocycles. The monoisotopic (exact) mass is 399 g/mol. The van der Waals surface area contributed by atoms with Gasteiger partial charge in [-0.3, -0.25) is 10.0 Å². The van der Waals surface area contributed by atoms with E-state index in [1.165, 1.54) is 0 Å². The minimum atomic E-state index is -0.616. The van der Waals surface area contributed by atoms with E-state index in [9.17, 15) is 9.59 Å². The highest BCUT2D eigenvalue weighted by molar-refractivity contribution is 5.94. The molecule has 3 amide bonds. The first-order chi connectivity index (χ1) is 13.9. The Hall–Kier alpha value is -3.26. The fourth-order valence-electron chi connectivity index (χ4n) is 3.24. The van der Waals surface area contributed by atoms with Gasteiger partial charge in [-0.1, -0.05) is 19.9 Å². The number of ether oxygens (including phenoxy) is 2. The molecule has 0 radical (unpaired) electrons. The summed E-state index contributed by atoms with van der Waals surface area (Å²) in [4.78, 5) is 26.5. The summed E-state index contributed by atoms with van der Waals surface area (Å²) in [6, 6.07) is 11.6. The van der Waals surface area contributed by atoms with Gasteiger partial charge in [0.25, 0.3) is 5.91 Å². The van der Waals surface area contributed by atoms with E-state index in [0.717, 1.165) is 5.56 Å². The lowest BCUT2D eigenvalue weighted by Crippen LogP contribution is -2.46. The van der Waals surface area contributed by atoms with E-state index in [2.05, 4.69) is 5.32 Å². The maximum absolute atomic E-state index is 13.1. The van der Waals surface area contributed by atoms with Crippen molar-refractivity contribution in [2.75, 3.05) is 19.0 Å². The van der Waals surface area contributed by atoms with Crippen molar-refractivity contribution in [1.82, 2.24) is 10.4 Å². The van der Waals surface area contributed by atoms with Crippen molar-refractivity contribution in [3.05, 3.63) is 53.6 Å². The predicted molar refractivity (Wildman–Crippen MR) is 107 cm³/mol. The van der Waals surface area contributed by atoms with Gasteiger partial charge < -0.3 is 19.7 Å². The van der Waals surface area contributed by atoms with Gasteiger partial charge in [-0.2, -0.15) is 0 Å². The maximum atomic E-state index is 13.1. The summed E-state index contributed by atoms with van der Waals surface area (Å²) in [6.07, 6.45) is 0. The normalized spacial score (nSPS) is 15.8. The van der Waals surface area contributed by atoms with Gasteiger partial charge >= 0.3 is 6.03 Å². The van der Waals surface area contributed by atoms with Crippen molar-refractivity contribution in [2.45, 2.75) is 26.4 Å². The average Bonchev–Trinajstić information content (AvgIpc) is 2.93. The van der Waals surface area contributed by atoms with E-state index < -0.39 is 5.91 Å². The van der Waals surface area contributed by atoms with Crippen LogP contribution in [0.5, 0.6) is 11.5 Å². The molecule has 154 valence electrons. The number of hydrogen-bond acceptors (Lipinski definition) is 5. The Morgan fingerprint density at radius 2 is 1.93 bits per heavy atom. The molecule has 1 atom stereocenters. The lowest BCUT2D eigenvalue weighted by Gasteiger charge is -2.32. The summed E-state index contributed by atoms with van der Waals surface area (Å²) >= 11 is 0. The second-order valence-electron chi connectivity index (χ2n) is 7.17. The van der Waals surface area contributed by atoms with Crippen LogP contribution in [0.1, 0.15) is 29.8 Å². The number of amides is 3. The predicted octanol–water partition coefficient (Wildman–Crippen LogP) is 3.27. The third-order valence-electron chi connectivity index (χ3n) is 4.95. The van der Waals surface area contributed by atoms with E-state index >= 15 is 0 Å². The second-order valence-corrected chi connectivity index (χ2v) is 7.17. The van der Waals surface area contributed by atoms with Crippen LogP contribution in [0.4, 0.5) is 10.5 Å². The molecule has 1 heterocycles. The van der Waals surface area contributed by atoms with E-state index in [1.54, 1.807) is 60.0 Å². The average molecular weight is 399 g/mol. The van der Waals surface area contributed by atoms with Crippen LogP contribution in [-0.2, 0) is 6.54 Å². The van der Waals surface area contributed by atoms with E-state index in [-0.39, 0.29) is 23.6 Å². The van der Waals surface area contributed by atoms with Crippen molar-refractivity contribution in [3.63, 3.8) is 0 Å². The van der Waals surface area contributed by atoms with Crippen molar-refractivity contribution in [3.8, 4) is 11.5 Å². The van der Waals surface area contributed by atoms with Gasteiger partial charge in [-0.15, -0.1) is 0 Å². The summed E-state index contributed by atoms with van der Waals surface area (Å²) in [5.41, 5.74) is 3.35. The highest BCUT2D eigenvalue weighted by atomic mass is 16.5. The molecule has 0 spiro atoms. The molecular formula is C21H25N3O5. The van der Waals surface area contributed by atoms with Crippen molar-refractivity contribution >= 4 is 17.6 Å². The number of urea groups is 1. The first-order valence-electron chi connectivity index (χ1n) is 9.34. The molecule has 2 aromatic rings. The number of benzene rings is 2. The number of carbonyl (C=O) groups is 2. The van der Waals surface area contributed by atoms with Gasteiger partial charge in [0.1, 0.15) is 18.1 Å². The third-order valence-corrected chi connectivity index (χ3v) is 4.95. The molecule has 0 saturated carbocycles. The molecule has 0 aromatic heterocycles. The standard InChI is InChI=1S/C21H25N3O5/c1-13(2)18-12-29-19-10-14(20(25)23-27)4-5-15(19)11-24(18)21(26)22-16-6-8-17(28-3)9-7-16/h4-10,13,18,27H,11-12H2,1-3H3,(H,22,26)(H,23,25). The van der Waals surface area contributed by atoms with Crippen LogP contribution in [0.25, 0.3) is 0 Å². The van der Waals surface area contributed by atoms with Crippen LogP contribution < -0.4 is 20.3 Å². The molecule has 1 aliphatic heterocycles. The first-order valence-corrected chi connectivity index (χ1v) is 9.34. The fraction of sp³-hybridized carbons (Fsp3) is 0.333. The smallest absolute Gasteiger partial charge is 0.322 e. The Balaban J connectivity index is 1.84. The van der Waals surface area contributed by atoms with Crippen LogP contribution in [0.2, 0.25) is 0 Å². The minimum absolute atomic E-state index is 0.157. The molecular weight excluding hydrogens is 374 g/mol. The Bertz CT molecular complexity index is 882. The number of hydrogen-bond donors (Lipinski definition) is 3. The van der Waals surface area contributed by atoms with Gasteiger partial charge in [0, 0.05) is 16.8 Å². The molecule has 3 N–H and O–H groups in total. The zero-order chi connectivity index (χ0) is 21.0. The SMILES string of the molecule is COc1ccc(NC(=O)N2Cc3ccc(C(=O)NO)cc3OCC2C(C)C)cc1. The number of carbonyl (C=O) groups excluding carboxylic acids is 2. The van der Waals surface area contributed by atoms with E-state index in [4.69, 9.17) is 14.7 Å². The molecule has 0 aliphatic carbocycles. The highest BCUT2D eigenvalue weighted by Gasteiger charge is 2.31. The number of methoxy groups -OCH3 is 1. The van der Waals surface area contributed by atoms with Gasteiger partial charge in [0.15, 0.2) is 0 Å². The van der Waals surface area contributed by atoms with Crippen LogP contribution >= 0.6 is 0 Å². The molecule has 0 saturated heterocycles. The molecule has 29 heavy (non-hydrogen) atoms. The van der Waals surface area contributed by atoms with Gasteiger partial charge in [-0.25, -0.2) is 10.3 Å². The van der Waals surface area contributed by atoms with Crippen LogP contribution in [0.15, 0.2) is 42.5 Å². The van der Waals surface area contributed by atoms with Crippen LogP contribution in [0.3, 0.4) is 0 Å². The highest BCUT2D eigenvalue weighted by Crippen LogP contribution is 2.29. The number of anilines is 1. The van der Waals surface area contributed by atoms with Gasteiger partial charge in [0.05, 0.1) is 19.7 Å². The summed E-state index contributed by atoms with van der Waals surface area (Å²) in [7, 11) is 1.59. The first kappa shape index (κ1) is 20.5. The van der Waals surface area contributed by atoms with Gasteiger partial charge in [0.2, 0.25) is 0 Å². The van der Waals surface area contributed by atoms with Crippen LogP contribution in [-0.4, -0.2) is 41.8 Å². The lowest BCUT2D eigenvalue weighted by molar-refractivity contribution is 0.0706. The Kier molecular flexibility index (Phi) is 6.23. The molecule has 8 heteroatoms. The Morgan fingerprint density at radius 3 is 2.55 bits per heavy atom. The number of fused-ring (bicyclic) bond motifs is 1. The maximum Gasteiger partial charge on any atom is 0.322 e. The number of hydroxylamine groups is 1. The zero-order valence-corrected chi connectivity index (χ0v) is 16.6. The molecule has 0 fully saturated rings. The second kappa shape index (κ2) is 8.83. The molecule has 8 nitrogen and oxygen atoms in total. The number of nitrogens with one attached hydrogen (secondary N) is 2. The number of nitrogens with zero attached hydrogens (tertiary/aromatic N) is 1. The Morgan fingerprint density at radius 1 is 1.21 bits per heavy atom. The summed E-state index contributed by atoms with van der Waals surface area (Å²) in [6.45, 7) is 4.69. The fourth-order valence-corrected chi connectivity index (χ4v) is 3.24. The third kappa shape index (κ3) is 4.60. The lowest BCUT2D eigenvalue weighted by atomic mass is 10.0. The molecule has 3 rings (SSSR count). The van der Waals surface area contributed by atoms with E-state index in [1.807, 2.05) is 13.8 Å². The van der Waals surface area contributed by atoms with Gasteiger partial charge in [-0.05, 0) is 42.3 Å². The van der Waals surface area contributed by atoms with Crippen molar-refractivity contribution < 1.29 is 24.3 Å². The minimum Gasteiger partial charge on any atom is -0.497 e. The molecule has 1 unspecified atom stereocenters. The van der Waals surface area contributed by atoms with Crippen molar-refractivity contribution in [2.24, 2.45) is 5.92 Å². The summed E-state index contributed by atoms with van der Waals surface area (Å²) in [5.74, 6) is 0.778. The Labute approximate surface area is 169 Å². The van der Waals surface area contributed by atoms with Crippen LogP contribution in [0, 0.1) is 5.92 Å². The van der Waals surface area contributed by atoms with E-state index in [0.29, 0.717) is 30.3 Å². The summed E-state index contributed by atoms with van der Waals surface area (Å²) < 4.78 is 11.1. The van der Waals surface area contributed by atoms with Crippen molar-refractivity contribution in [1.29, 1.82) is 0 Å². The molecule has 1 aliphatic rings. The summed E-state index contributed by atoms with van der Waals surface area (Å²) in [5, 5.41) is 11.8. The quantitative estimate of drug-likeness (QED) is 0.541. The number of rotatable bonds is 4. The zero-order valence-electron chi connectivity index (χ0n) is 16.6. The largest absolute Gasteiger partial charge is 0.497 e. The topological polar surface area (TPSA) is 100 Å².